The molecule has 0 atom stereocenters. The molecule has 0 spiro atoms. The lowest BCUT2D eigenvalue weighted by atomic mass is 10.1. The van der Waals surface area contributed by atoms with Gasteiger partial charge in [-0.25, -0.2) is 8.42 Å². The van der Waals surface area contributed by atoms with Gasteiger partial charge in [-0.2, -0.15) is 4.31 Å². The standard InChI is InChI=1S/C25H33N3O3S/c29-25(23-11-13-24(14-12-23)32(30,31)28-17-5-6-18-28)26-19-21-7-9-22(10-8-21)20-27-15-3-1-2-4-16-27/h7-14H,1-6,15-20H2,(H,26,29). The molecule has 0 saturated carbocycles. The molecule has 2 aromatic rings. The van der Waals surface area contributed by atoms with E-state index < -0.39 is 10.0 Å². The number of likely N-dealkylation sites (tertiary alicyclic amines) is 1. The summed E-state index contributed by atoms with van der Waals surface area (Å²) in [5.74, 6) is -0.205. The average molecular weight is 456 g/mol. The molecule has 2 saturated heterocycles. The predicted octanol–water partition coefficient (Wildman–Crippen LogP) is 3.78. The summed E-state index contributed by atoms with van der Waals surface area (Å²) in [4.78, 5) is 15.3. The van der Waals surface area contributed by atoms with Crippen LogP contribution >= 0.6 is 0 Å². The first-order valence-corrected chi connectivity index (χ1v) is 13.1. The first kappa shape index (κ1) is 23.0. The predicted molar refractivity (Wildman–Crippen MR) is 126 cm³/mol. The highest BCUT2D eigenvalue weighted by molar-refractivity contribution is 7.89. The normalized spacial score (nSPS) is 18.4. The Morgan fingerprint density at radius 2 is 1.31 bits per heavy atom. The van der Waals surface area contributed by atoms with E-state index in [9.17, 15) is 13.2 Å². The Labute approximate surface area is 191 Å². The Balaban J connectivity index is 1.29. The molecule has 1 N–H and O–H groups in total. The van der Waals surface area contributed by atoms with Crippen molar-refractivity contribution in [1.29, 1.82) is 0 Å². The summed E-state index contributed by atoms with van der Waals surface area (Å²) < 4.78 is 26.8. The Kier molecular flexibility index (Phi) is 7.60. The van der Waals surface area contributed by atoms with Crippen molar-refractivity contribution in [2.75, 3.05) is 26.2 Å². The van der Waals surface area contributed by atoms with Crippen molar-refractivity contribution < 1.29 is 13.2 Å². The Hall–Kier alpha value is -2.22. The third kappa shape index (κ3) is 5.77. The maximum atomic E-state index is 12.6. The fraction of sp³-hybridized carbons (Fsp3) is 0.480. The van der Waals surface area contributed by atoms with Gasteiger partial charge in [0.15, 0.2) is 0 Å². The number of carbonyl (C=O) groups is 1. The van der Waals surface area contributed by atoms with E-state index in [-0.39, 0.29) is 10.8 Å². The van der Waals surface area contributed by atoms with Gasteiger partial charge >= 0.3 is 0 Å². The van der Waals surface area contributed by atoms with Crippen LogP contribution in [0.4, 0.5) is 0 Å². The summed E-state index contributed by atoms with van der Waals surface area (Å²) in [6.45, 7) is 4.92. The molecule has 2 aliphatic heterocycles. The second-order valence-electron chi connectivity index (χ2n) is 8.83. The molecule has 0 bridgehead atoms. The lowest BCUT2D eigenvalue weighted by Crippen LogP contribution is -2.28. The molecular formula is C25H33N3O3S. The highest BCUT2D eigenvalue weighted by Crippen LogP contribution is 2.21. The van der Waals surface area contributed by atoms with Crippen LogP contribution < -0.4 is 5.32 Å². The average Bonchev–Trinajstić information content (AvgIpc) is 3.25. The number of carbonyl (C=O) groups excluding carboxylic acids is 1. The molecule has 7 heteroatoms. The van der Waals surface area contributed by atoms with Gasteiger partial charge in [0.05, 0.1) is 4.90 Å². The zero-order chi connectivity index (χ0) is 22.4. The molecule has 1 amide bonds. The molecule has 2 fully saturated rings. The highest BCUT2D eigenvalue weighted by Gasteiger charge is 2.27. The van der Waals surface area contributed by atoms with Crippen molar-refractivity contribution >= 4 is 15.9 Å². The first-order chi connectivity index (χ1) is 15.5. The molecule has 0 unspecified atom stereocenters. The van der Waals surface area contributed by atoms with Crippen LogP contribution in [0.3, 0.4) is 0 Å². The zero-order valence-corrected chi connectivity index (χ0v) is 19.4. The topological polar surface area (TPSA) is 69.7 Å². The van der Waals surface area contributed by atoms with Crippen molar-refractivity contribution in [2.24, 2.45) is 0 Å². The van der Waals surface area contributed by atoms with Gasteiger partial charge < -0.3 is 5.32 Å². The van der Waals surface area contributed by atoms with Crippen LogP contribution in [0, 0.1) is 0 Å². The summed E-state index contributed by atoms with van der Waals surface area (Å²) >= 11 is 0. The summed E-state index contributed by atoms with van der Waals surface area (Å²) in [5, 5.41) is 2.93. The van der Waals surface area contributed by atoms with E-state index in [0.29, 0.717) is 25.2 Å². The zero-order valence-electron chi connectivity index (χ0n) is 18.6. The van der Waals surface area contributed by atoms with Gasteiger partial charge in [0, 0.05) is 31.7 Å². The van der Waals surface area contributed by atoms with E-state index in [1.54, 1.807) is 12.1 Å². The van der Waals surface area contributed by atoms with Crippen LogP contribution in [-0.4, -0.2) is 49.7 Å². The van der Waals surface area contributed by atoms with E-state index in [1.807, 2.05) is 0 Å². The maximum Gasteiger partial charge on any atom is 0.251 e. The first-order valence-electron chi connectivity index (χ1n) is 11.7. The van der Waals surface area contributed by atoms with Crippen molar-refractivity contribution in [3.8, 4) is 0 Å². The number of amides is 1. The molecule has 172 valence electrons. The van der Waals surface area contributed by atoms with Gasteiger partial charge in [-0.05, 0) is 74.2 Å². The van der Waals surface area contributed by atoms with Crippen molar-refractivity contribution in [1.82, 2.24) is 14.5 Å². The van der Waals surface area contributed by atoms with E-state index in [4.69, 9.17) is 0 Å². The minimum Gasteiger partial charge on any atom is -0.348 e. The quantitative estimate of drug-likeness (QED) is 0.690. The van der Waals surface area contributed by atoms with E-state index in [0.717, 1.165) is 24.9 Å². The number of nitrogens with zero attached hydrogens (tertiary/aromatic N) is 2. The van der Waals surface area contributed by atoms with Crippen molar-refractivity contribution in [2.45, 2.75) is 56.5 Å². The summed E-state index contributed by atoms with van der Waals surface area (Å²) in [7, 11) is -3.46. The Morgan fingerprint density at radius 1 is 0.750 bits per heavy atom. The molecule has 6 nitrogen and oxygen atoms in total. The molecule has 2 aliphatic rings. The van der Waals surface area contributed by atoms with Crippen LogP contribution in [0.2, 0.25) is 0 Å². The molecule has 32 heavy (non-hydrogen) atoms. The van der Waals surface area contributed by atoms with E-state index >= 15 is 0 Å². The van der Waals surface area contributed by atoms with Crippen LogP contribution in [0.1, 0.15) is 60.0 Å². The number of nitrogens with one attached hydrogen (secondary N) is 1. The molecule has 2 heterocycles. The fourth-order valence-corrected chi connectivity index (χ4v) is 5.97. The lowest BCUT2D eigenvalue weighted by molar-refractivity contribution is 0.0951. The molecule has 2 aromatic carbocycles. The number of rotatable bonds is 7. The third-order valence-corrected chi connectivity index (χ3v) is 8.31. The van der Waals surface area contributed by atoms with Crippen LogP contribution in [0.25, 0.3) is 0 Å². The Morgan fingerprint density at radius 3 is 1.94 bits per heavy atom. The van der Waals surface area contributed by atoms with Crippen molar-refractivity contribution in [3.63, 3.8) is 0 Å². The number of benzene rings is 2. The van der Waals surface area contributed by atoms with Gasteiger partial charge in [0.25, 0.3) is 5.91 Å². The largest absolute Gasteiger partial charge is 0.348 e. The molecular weight excluding hydrogens is 422 g/mol. The summed E-state index contributed by atoms with van der Waals surface area (Å²) in [6.07, 6.45) is 7.06. The van der Waals surface area contributed by atoms with Gasteiger partial charge in [0.1, 0.15) is 0 Å². The van der Waals surface area contributed by atoms with Gasteiger partial charge in [-0.15, -0.1) is 0 Å². The van der Waals surface area contributed by atoms with Crippen LogP contribution in [0.15, 0.2) is 53.4 Å². The van der Waals surface area contributed by atoms with Crippen molar-refractivity contribution in [3.05, 3.63) is 65.2 Å². The minimum atomic E-state index is -3.46. The SMILES string of the molecule is O=C(NCc1ccc(CN2CCCCCC2)cc1)c1ccc(S(=O)(=O)N2CCCC2)cc1. The van der Waals surface area contributed by atoms with Gasteiger partial charge in [-0.3, -0.25) is 9.69 Å². The molecule has 0 aromatic heterocycles. The molecule has 0 aliphatic carbocycles. The molecule has 0 radical (unpaired) electrons. The second kappa shape index (κ2) is 10.6. The second-order valence-corrected chi connectivity index (χ2v) is 10.8. The van der Waals surface area contributed by atoms with Gasteiger partial charge in [0.2, 0.25) is 10.0 Å². The monoisotopic (exact) mass is 455 g/mol. The van der Waals surface area contributed by atoms with E-state index in [1.165, 1.54) is 60.8 Å². The maximum absolute atomic E-state index is 12.6. The number of sulfonamides is 1. The highest BCUT2D eigenvalue weighted by atomic mass is 32.2. The minimum absolute atomic E-state index is 0.205. The van der Waals surface area contributed by atoms with Crippen LogP contribution in [-0.2, 0) is 23.1 Å². The van der Waals surface area contributed by atoms with E-state index in [2.05, 4.69) is 34.5 Å². The third-order valence-electron chi connectivity index (χ3n) is 6.40. The molecule has 4 rings (SSSR count). The summed E-state index contributed by atoms with van der Waals surface area (Å²) in [6, 6.07) is 14.7. The van der Waals surface area contributed by atoms with Crippen LogP contribution in [0.5, 0.6) is 0 Å². The number of hydrogen-bond acceptors (Lipinski definition) is 4. The fourth-order valence-electron chi connectivity index (χ4n) is 4.46. The van der Waals surface area contributed by atoms with Gasteiger partial charge in [-0.1, -0.05) is 37.1 Å². The summed E-state index contributed by atoms with van der Waals surface area (Å²) in [5.41, 5.74) is 2.81. The Bertz CT molecular complexity index is 990. The smallest absolute Gasteiger partial charge is 0.251 e. The number of hydrogen-bond donors (Lipinski definition) is 1. The lowest BCUT2D eigenvalue weighted by Gasteiger charge is -2.19.